The van der Waals surface area contributed by atoms with Gasteiger partial charge in [0.15, 0.2) is 4.77 Å². The fourth-order valence-corrected chi connectivity index (χ4v) is 3.20. The van der Waals surface area contributed by atoms with Crippen LogP contribution < -0.4 is 0 Å². The van der Waals surface area contributed by atoms with Crippen LogP contribution >= 0.6 is 35.4 Å². The van der Waals surface area contributed by atoms with Gasteiger partial charge in [0.05, 0.1) is 10.0 Å². The molecule has 2 aromatic carbocycles. The Labute approximate surface area is 160 Å². The van der Waals surface area contributed by atoms with E-state index in [-0.39, 0.29) is 5.91 Å². The zero-order valence-corrected chi connectivity index (χ0v) is 15.7. The average Bonchev–Trinajstić information content (AvgIpc) is 3.00. The Morgan fingerprint density at radius 1 is 1.16 bits per heavy atom. The number of H-pyrrole nitrogens is 1. The van der Waals surface area contributed by atoms with Gasteiger partial charge in [-0.1, -0.05) is 53.5 Å². The first kappa shape index (κ1) is 17.7. The summed E-state index contributed by atoms with van der Waals surface area (Å²) in [5.41, 5.74) is 2.06. The largest absolute Gasteiger partial charge is 0.336 e. The summed E-state index contributed by atoms with van der Waals surface area (Å²) >= 11 is 17.6. The van der Waals surface area contributed by atoms with Crippen LogP contribution in [0.3, 0.4) is 0 Å². The molecular weight excluding hydrogens is 377 g/mol. The van der Waals surface area contributed by atoms with E-state index in [4.69, 9.17) is 35.4 Å². The van der Waals surface area contributed by atoms with Gasteiger partial charge in [-0.25, -0.2) is 0 Å². The van der Waals surface area contributed by atoms with Gasteiger partial charge in [0.2, 0.25) is 0 Å². The fourth-order valence-electron chi connectivity index (χ4n) is 2.55. The van der Waals surface area contributed by atoms with Crippen molar-refractivity contribution in [3.63, 3.8) is 0 Å². The number of hydrogen-bond donors (Lipinski definition) is 1. The summed E-state index contributed by atoms with van der Waals surface area (Å²) in [7, 11) is 1.71. The van der Waals surface area contributed by atoms with Gasteiger partial charge in [-0.15, -0.1) is 0 Å². The Morgan fingerprint density at radius 3 is 2.60 bits per heavy atom. The average molecular weight is 392 g/mol. The Balaban J connectivity index is 1.91. The van der Waals surface area contributed by atoms with Crippen LogP contribution in [0.4, 0.5) is 0 Å². The molecule has 1 amide bonds. The molecule has 1 heterocycles. The lowest BCUT2D eigenvalue weighted by Crippen LogP contribution is -2.28. The summed E-state index contributed by atoms with van der Waals surface area (Å²) in [4.78, 5) is 17.4. The number of aromatic nitrogens is 2. The smallest absolute Gasteiger partial charge is 0.272 e. The summed E-state index contributed by atoms with van der Waals surface area (Å²) in [6, 6.07) is 14.9. The predicted octanol–water partition coefficient (Wildman–Crippen LogP) is 5.11. The van der Waals surface area contributed by atoms with Crippen molar-refractivity contribution in [2.24, 2.45) is 0 Å². The second kappa shape index (κ2) is 7.44. The molecule has 3 rings (SSSR count). The molecule has 0 aliphatic carbocycles. The third-order valence-corrected chi connectivity index (χ3v) is 4.95. The van der Waals surface area contributed by atoms with Crippen molar-refractivity contribution in [1.82, 2.24) is 14.5 Å². The molecule has 0 spiro atoms. The first-order valence-electron chi connectivity index (χ1n) is 7.53. The molecule has 3 aromatic rings. The van der Waals surface area contributed by atoms with Crippen molar-refractivity contribution in [3.8, 4) is 5.69 Å². The minimum Gasteiger partial charge on any atom is -0.336 e. The zero-order valence-electron chi connectivity index (χ0n) is 13.4. The molecule has 7 heteroatoms. The number of benzene rings is 2. The van der Waals surface area contributed by atoms with Gasteiger partial charge in [0.25, 0.3) is 5.91 Å². The van der Waals surface area contributed by atoms with Crippen LogP contribution in [0.1, 0.15) is 16.1 Å². The Kier molecular flexibility index (Phi) is 5.27. The van der Waals surface area contributed by atoms with Crippen molar-refractivity contribution >= 4 is 41.3 Å². The lowest BCUT2D eigenvalue weighted by atomic mass is 10.2. The summed E-state index contributed by atoms with van der Waals surface area (Å²) < 4.78 is 2.18. The molecule has 0 radical (unpaired) electrons. The third kappa shape index (κ3) is 3.63. The lowest BCUT2D eigenvalue weighted by molar-refractivity contribution is 0.0777. The number of nitrogens with one attached hydrogen (secondary N) is 1. The number of hydrogen-bond acceptors (Lipinski definition) is 2. The highest BCUT2D eigenvalue weighted by molar-refractivity contribution is 7.71. The van der Waals surface area contributed by atoms with Crippen LogP contribution in [0, 0.1) is 4.77 Å². The molecule has 25 heavy (non-hydrogen) atoms. The number of imidazole rings is 1. The maximum Gasteiger partial charge on any atom is 0.272 e. The van der Waals surface area contributed by atoms with Gasteiger partial charge >= 0.3 is 0 Å². The fraction of sp³-hybridized carbons (Fsp3) is 0.111. The molecule has 0 bridgehead atoms. The summed E-state index contributed by atoms with van der Waals surface area (Å²) in [5, 5.41) is 0.923. The molecule has 4 nitrogen and oxygen atoms in total. The number of nitrogens with zero attached hydrogens (tertiary/aromatic N) is 2. The second-order valence-electron chi connectivity index (χ2n) is 5.52. The van der Waals surface area contributed by atoms with E-state index >= 15 is 0 Å². The van der Waals surface area contributed by atoms with Crippen molar-refractivity contribution in [2.45, 2.75) is 6.54 Å². The Hall–Kier alpha value is -2.08. The standard InChI is InChI=1S/C18H15Cl2N3OS/c1-22(11-12-6-5-9-14(19)16(12)20)17(24)15-10-21-18(25)23(15)13-7-3-2-4-8-13/h2-10H,11H2,1H3,(H,21,25). The number of halogens is 2. The number of amides is 1. The van der Waals surface area contributed by atoms with Gasteiger partial charge in [-0.05, 0) is 36.0 Å². The van der Waals surface area contributed by atoms with Crippen molar-refractivity contribution in [1.29, 1.82) is 0 Å². The van der Waals surface area contributed by atoms with Gasteiger partial charge in [0.1, 0.15) is 5.69 Å². The van der Waals surface area contributed by atoms with Gasteiger partial charge in [-0.2, -0.15) is 0 Å². The van der Waals surface area contributed by atoms with Gasteiger partial charge in [0, 0.05) is 25.5 Å². The molecule has 0 saturated carbocycles. The minimum atomic E-state index is -0.174. The Morgan fingerprint density at radius 2 is 1.88 bits per heavy atom. The van der Waals surface area contributed by atoms with Crippen LogP contribution in [0.5, 0.6) is 0 Å². The quantitative estimate of drug-likeness (QED) is 0.627. The molecule has 1 aromatic heterocycles. The van der Waals surface area contributed by atoms with E-state index in [0.29, 0.717) is 27.1 Å². The number of para-hydroxylation sites is 1. The number of carbonyl (C=O) groups excluding carboxylic acids is 1. The van der Waals surface area contributed by atoms with Crippen LogP contribution in [0.15, 0.2) is 54.7 Å². The maximum atomic E-state index is 12.9. The van der Waals surface area contributed by atoms with Crippen LogP contribution in [0.2, 0.25) is 10.0 Å². The summed E-state index contributed by atoms with van der Waals surface area (Å²) in [5.74, 6) is -0.174. The molecule has 0 atom stereocenters. The topological polar surface area (TPSA) is 41.0 Å². The van der Waals surface area contributed by atoms with Gasteiger partial charge < -0.3 is 9.88 Å². The first-order valence-corrected chi connectivity index (χ1v) is 8.69. The number of carbonyl (C=O) groups is 1. The van der Waals surface area contributed by atoms with E-state index in [1.165, 1.54) is 0 Å². The van der Waals surface area contributed by atoms with Crippen LogP contribution in [-0.4, -0.2) is 27.4 Å². The van der Waals surface area contributed by atoms with E-state index < -0.39 is 0 Å². The molecule has 0 fully saturated rings. The molecule has 1 N–H and O–H groups in total. The van der Waals surface area contributed by atoms with E-state index in [0.717, 1.165) is 11.3 Å². The predicted molar refractivity (Wildman–Crippen MR) is 103 cm³/mol. The first-order chi connectivity index (χ1) is 12.0. The van der Waals surface area contributed by atoms with Crippen LogP contribution in [-0.2, 0) is 6.54 Å². The molecule has 0 unspecified atom stereocenters. The monoisotopic (exact) mass is 391 g/mol. The van der Waals surface area contributed by atoms with Crippen LogP contribution in [0.25, 0.3) is 5.69 Å². The highest BCUT2D eigenvalue weighted by Gasteiger charge is 2.19. The number of aromatic amines is 1. The van der Waals surface area contributed by atoms with Crippen molar-refractivity contribution < 1.29 is 4.79 Å². The molecule has 0 saturated heterocycles. The van der Waals surface area contributed by atoms with Crippen molar-refractivity contribution in [2.75, 3.05) is 7.05 Å². The highest BCUT2D eigenvalue weighted by atomic mass is 35.5. The lowest BCUT2D eigenvalue weighted by Gasteiger charge is -2.19. The SMILES string of the molecule is CN(Cc1cccc(Cl)c1Cl)C(=O)c1c[nH]c(=S)n1-c1ccccc1. The zero-order chi connectivity index (χ0) is 18.0. The Bertz CT molecular complexity index is 966. The number of rotatable bonds is 4. The van der Waals surface area contributed by atoms with Crippen molar-refractivity contribution in [3.05, 3.63) is 80.8 Å². The molecular formula is C18H15Cl2N3OS. The highest BCUT2D eigenvalue weighted by Crippen LogP contribution is 2.26. The second-order valence-corrected chi connectivity index (χ2v) is 6.70. The molecule has 0 aliphatic heterocycles. The maximum absolute atomic E-state index is 12.9. The normalized spacial score (nSPS) is 10.7. The molecule has 0 aliphatic rings. The van der Waals surface area contributed by atoms with E-state index in [1.807, 2.05) is 42.5 Å². The summed E-state index contributed by atoms with van der Waals surface area (Å²) in [6.45, 7) is 0.338. The molecule has 128 valence electrons. The van der Waals surface area contributed by atoms with Gasteiger partial charge in [-0.3, -0.25) is 9.36 Å². The van der Waals surface area contributed by atoms with E-state index in [9.17, 15) is 4.79 Å². The van der Waals surface area contributed by atoms with E-state index in [1.54, 1.807) is 28.8 Å². The van der Waals surface area contributed by atoms with E-state index in [2.05, 4.69) is 4.98 Å². The third-order valence-electron chi connectivity index (χ3n) is 3.80. The summed E-state index contributed by atoms with van der Waals surface area (Å²) in [6.07, 6.45) is 1.62. The minimum absolute atomic E-state index is 0.174.